The molecule has 4 amide bonds. The number of carbonyl (C=O) groups is 4. The van der Waals surface area contributed by atoms with Gasteiger partial charge in [0.15, 0.2) is 0 Å². The molecule has 2 heterocycles. The summed E-state index contributed by atoms with van der Waals surface area (Å²) in [5.74, 6) is -2.22. The third-order valence-corrected chi connectivity index (χ3v) is 2.70. The SMILES string of the molecule is O=C1CC(CC2CC(=O)NC2=O)C(=O)N1. The molecule has 2 saturated heterocycles. The zero-order valence-electron chi connectivity index (χ0n) is 7.91. The molecule has 2 fully saturated rings. The van der Waals surface area contributed by atoms with Crippen LogP contribution >= 0.6 is 0 Å². The maximum absolute atomic E-state index is 11.2. The van der Waals surface area contributed by atoms with E-state index < -0.39 is 11.8 Å². The van der Waals surface area contributed by atoms with Crippen LogP contribution in [0, 0.1) is 11.8 Å². The van der Waals surface area contributed by atoms with E-state index in [0.717, 1.165) is 0 Å². The van der Waals surface area contributed by atoms with Crippen LogP contribution in [-0.2, 0) is 19.2 Å². The summed E-state index contributed by atoms with van der Waals surface area (Å²) < 4.78 is 0. The lowest BCUT2D eigenvalue weighted by atomic mass is 9.92. The van der Waals surface area contributed by atoms with Crippen LogP contribution in [0.2, 0.25) is 0 Å². The standard InChI is InChI=1S/C9H10N2O4/c12-6-2-4(8(14)10-6)1-5-3-7(13)11-9(5)15/h4-5H,1-3H2,(H,10,12,14)(H,11,13,15). The van der Waals surface area contributed by atoms with Crippen LogP contribution in [0.4, 0.5) is 0 Å². The number of hydrogen-bond acceptors (Lipinski definition) is 4. The number of imide groups is 2. The first-order valence-electron chi connectivity index (χ1n) is 4.73. The Balaban J connectivity index is 1.98. The summed E-state index contributed by atoms with van der Waals surface area (Å²) in [4.78, 5) is 44.2. The molecule has 6 nitrogen and oxygen atoms in total. The van der Waals surface area contributed by atoms with E-state index in [1.165, 1.54) is 0 Å². The number of hydrogen-bond donors (Lipinski definition) is 2. The van der Waals surface area contributed by atoms with Crippen LogP contribution in [0.5, 0.6) is 0 Å². The first-order chi connectivity index (χ1) is 7.06. The predicted molar refractivity (Wildman–Crippen MR) is 47.1 cm³/mol. The zero-order valence-corrected chi connectivity index (χ0v) is 7.91. The van der Waals surface area contributed by atoms with Crippen LogP contribution in [0.15, 0.2) is 0 Å². The Kier molecular flexibility index (Phi) is 2.26. The van der Waals surface area contributed by atoms with Crippen molar-refractivity contribution in [3.8, 4) is 0 Å². The largest absolute Gasteiger partial charge is 0.296 e. The number of amides is 4. The van der Waals surface area contributed by atoms with Gasteiger partial charge in [-0.2, -0.15) is 0 Å². The first-order valence-corrected chi connectivity index (χ1v) is 4.73. The van der Waals surface area contributed by atoms with Gasteiger partial charge in [0.2, 0.25) is 23.6 Å². The summed E-state index contributed by atoms with van der Waals surface area (Å²) in [6.45, 7) is 0. The Morgan fingerprint density at radius 1 is 0.867 bits per heavy atom. The molecule has 0 aromatic carbocycles. The molecule has 0 saturated carbocycles. The minimum atomic E-state index is -0.459. The smallest absolute Gasteiger partial charge is 0.230 e. The molecular weight excluding hydrogens is 200 g/mol. The Bertz CT molecular complexity index is 329. The molecule has 0 bridgehead atoms. The summed E-state index contributed by atoms with van der Waals surface area (Å²) in [5, 5.41) is 4.34. The van der Waals surface area contributed by atoms with Crippen LogP contribution in [0.3, 0.4) is 0 Å². The lowest BCUT2D eigenvalue weighted by Gasteiger charge is -2.08. The summed E-state index contributed by atoms with van der Waals surface area (Å²) in [7, 11) is 0. The Labute approximate surface area is 85.4 Å². The van der Waals surface area contributed by atoms with E-state index in [1.807, 2.05) is 0 Å². The highest BCUT2D eigenvalue weighted by Crippen LogP contribution is 2.25. The van der Waals surface area contributed by atoms with Crippen molar-refractivity contribution >= 4 is 23.6 Å². The quantitative estimate of drug-likeness (QED) is 0.554. The van der Waals surface area contributed by atoms with E-state index in [-0.39, 0.29) is 42.9 Å². The van der Waals surface area contributed by atoms with Crippen LogP contribution in [0.1, 0.15) is 19.3 Å². The van der Waals surface area contributed by atoms with Gasteiger partial charge in [-0.1, -0.05) is 0 Å². The minimum absolute atomic E-state index is 0.122. The molecule has 2 unspecified atom stereocenters. The van der Waals surface area contributed by atoms with Crippen LogP contribution in [-0.4, -0.2) is 23.6 Å². The van der Waals surface area contributed by atoms with Crippen molar-refractivity contribution in [2.75, 3.05) is 0 Å². The van der Waals surface area contributed by atoms with Gasteiger partial charge < -0.3 is 0 Å². The predicted octanol–water partition coefficient (Wildman–Crippen LogP) is -1.30. The highest BCUT2D eigenvalue weighted by molar-refractivity contribution is 6.05. The van der Waals surface area contributed by atoms with Crippen molar-refractivity contribution in [2.24, 2.45) is 11.8 Å². The third kappa shape index (κ3) is 1.88. The second kappa shape index (κ2) is 3.45. The Morgan fingerprint density at radius 3 is 1.53 bits per heavy atom. The summed E-state index contributed by atoms with van der Waals surface area (Å²) in [6.07, 6.45) is 0.517. The maximum atomic E-state index is 11.2. The molecule has 2 N–H and O–H groups in total. The van der Waals surface area contributed by atoms with Gasteiger partial charge in [-0.15, -0.1) is 0 Å². The Morgan fingerprint density at radius 2 is 1.27 bits per heavy atom. The average Bonchev–Trinajstić information content (AvgIpc) is 2.58. The van der Waals surface area contributed by atoms with E-state index >= 15 is 0 Å². The van der Waals surface area contributed by atoms with Crippen molar-refractivity contribution < 1.29 is 19.2 Å². The van der Waals surface area contributed by atoms with Gasteiger partial charge in [0.05, 0.1) is 0 Å². The van der Waals surface area contributed by atoms with Gasteiger partial charge in [0.25, 0.3) is 0 Å². The maximum Gasteiger partial charge on any atom is 0.230 e. The normalized spacial score (nSPS) is 30.7. The molecule has 6 heteroatoms. The molecular formula is C9H10N2O4. The molecule has 0 aromatic heterocycles. The molecule has 0 aromatic rings. The van der Waals surface area contributed by atoms with Crippen molar-refractivity contribution in [3.05, 3.63) is 0 Å². The van der Waals surface area contributed by atoms with E-state index in [1.54, 1.807) is 0 Å². The van der Waals surface area contributed by atoms with Crippen molar-refractivity contribution in [3.63, 3.8) is 0 Å². The molecule has 2 aliphatic heterocycles. The molecule has 2 rings (SSSR count). The van der Waals surface area contributed by atoms with E-state index in [2.05, 4.69) is 10.6 Å². The lowest BCUT2D eigenvalue weighted by molar-refractivity contribution is -0.126. The molecule has 0 spiro atoms. The van der Waals surface area contributed by atoms with Crippen molar-refractivity contribution in [1.82, 2.24) is 10.6 Å². The van der Waals surface area contributed by atoms with E-state index in [4.69, 9.17) is 0 Å². The molecule has 15 heavy (non-hydrogen) atoms. The fourth-order valence-electron chi connectivity index (χ4n) is 1.94. The fourth-order valence-corrected chi connectivity index (χ4v) is 1.94. The zero-order chi connectivity index (χ0) is 11.0. The monoisotopic (exact) mass is 210 g/mol. The highest BCUT2D eigenvalue weighted by atomic mass is 16.2. The number of carbonyl (C=O) groups excluding carboxylic acids is 4. The van der Waals surface area contributed by atoms with Gasteiger partial charge in [0.1, 0.15) is 0 Å². The van der Waals surface area contributed by atoms with Gasteiger partial charge in [0, 0.05) is 24.7 Å². The highest BCUT2D eigenvalue weighted by Gasteiger charge is 2.38. The number of nitrogens with one attached hydrogen (secondary N) is 2. The molecule has 2 atom stereocenters. The first kappa shape index (κ1) is 9.82. The van der Waals surface area contributed by atoms with Gasteiger partial charge in [-0.25, -0.2) is 0 Å². The second-order valence-electron chi connectivity index (χ2n) is 3.86. The van der Waals surface area contributed by atoms with Crippen LogP contribution < -0.4 is 10.6 Å². The second-order valence-corrected chi connectivity index (χ2v) is 3.86. The average molecular weight is 210 g/mol. The Hall–Kier alpha value is -1.72. The topological polar surface area (TPSA) is 92.3 Å². The fraction of sp³-hybridized carbons (Fsp3) is 0.556. The van der Waals surface area contributed by atoms with Crippen molar-refractivity contribution in [1.29, 1.82) is 0 Å². The molecule has 0 radical (unpaired) electrons. The summed E-state index contributed by atoms with van der Waals surface area (Å²) in [5.41, 5.74) is 0. The van der Waals surface area contributed by atoms with Crippen molar-refractivity contribution in [2.45, 2.75) is 19.3 Å². The van der Waals surface area contributed by atoms with E-state index in [9.17, 15) is 19.2 Å². The minimum Gasteiger partial charge on any atom is -0.296 e. The van der Waals surface area contributed by atoms with Gasteiger partial charge in [-0.3, -0.25) is 29.8 Å². The van der Waals surface area contributed by atoms with Gasteiger partial charge in [-0.05, 0) is 6.42 Å². The number of rotatable bonds is 2. The lowest BCUT2D eigenvalue weighted by Crippen LogP contribution is -2.26. The van der Waals surface area contributed by atoms with Gasteiger partial charge >= 0.3 is 0 Å². The molecule has 80 valence electrons. The molecule has 0 aliphatic carbocycles. The van der Waals surface area contributed by atoms with E-state index in [0.29, 0.717) is 0 Å². The summed E-state index contributed by atoms with van der Waals surface area (Å²) in [6, 6.07) is 0. The third-order valence-electron chi connectivity index (χ3n) is 2.70. The molecule has 2 aliphatic rings. The van der Waals surface area contributed by atoms with Crippen LogP contribution in [0.25, 0.3) is 0 Å². The summed E-state index contributed by atoms with van der Waals surface area (Å²) >= 11 is 0.